The van der Waals surface area contributed by atoms with Gasteiger partial charge in [-0.2, -0.15) is 0 Å². The first-order valence-corrected chi connectivity index (χ1v) is 6.15. The lowest BCUT2D eigenvalue weighted by molar-refractivity contribution is -0.120. The van der Waals surface area contributed by atoms with Crippen molar-refractivity contribution in [1.29, 1.82) is 0 Å². The van der Waals surface area contributed by atoms with E-state index >= 15 is 0 Å². The number of carbonyl (C=O) groups is 1. The van der Waals surface area contributed by atoms with Gasteiger partial charge in [-0.25, -0.2) is 0 Å². The summed E-state index contributed by atoms with van der Waals surface area (Å²) in [6, 6.07) is 0. The van der Waals surface area contributed by atoms with Crippen LogP contribution in [0.15, 0.2) is 11.2 Å². The molecule has 1 saturated heterocycles. The van der Waals surface area contributed by atoms with Crippen molar-refractivity contribution in [1.82, 2.24) is 0 Å². The molecule has 0 aliphatic carbocycles. The third-order valence-electron chi connectivity index (χ3n) is 2.68. The summed E-state index contributed by atoms with van der Waals surface area (Å²) >= 11 is 1.52. The number of carbonyl (C=O) groups excluding carboxylic acids is 1. The van der Waals surface area contributed by atoms with Crippen molar-refractivity contribution < 1.29 is 14.3 Å². The monoisotopic (exact) mass is 228 g/mol. The highest BCUT2D eigenvalue weighted by Gasteiger charge is 2.37. The second-order valence-electron chi connectivity index (χ2n) is 4.39. The molecule has 1 fully saturated rings. The number of rotatable bonds is 3. The van der Waals surface area contributed by atoms with Crippen LogP contribution < -0.4 is 0 Å². The topological polar surface area (TPSA) is 35.5 Å². The number of ether oxygens (including phenoxy) is 2. The summed E-state index contributed by atoms with van der Waals surface area (Å²) in [5.74, 6) is 0.589. The minimum absolute atomic E-state index is 0.0884. The SMILES string of the molecule is CC1(C)SC=C(OCC2CCCO2)C1=O. The Morgan fingerprint density at radius 2 is 2.47 bits per heavy atom. The van der Waals surface area contributed by atoms with E-state index in [2.05, 4.69) is 0 Å². The highest BCUT2D eigenvalue weighted by atomic mass is 32.2. The average molecular weight is 228 g/mol. The number of hydrogen-bond acceptors (Lipinski definition) is 4. The molecule has 2 heterocycles. The number of thioether (sulfide) groups is 1. The van der Waals surface area contributed by atoms with Crippen LogP contribution in [0.25, 0.3) is 0 Å². The highest BCUT2D eigenvalue weighted by Crippen LogP contribution is 2.37. The average Bonchev–Trinajstić information content (AvgIpc) is 2.76. The fourth-order valence-corrected chi connectivity index (χ4v) is 2.45. The van der Waals surface area contributed by atoms with Crippen molar-refractivity contribution in [3.63, 3.8) is 0 Å². The van der Waals surface area contributed by atoms with Crippen molar-refractivity contribution in [3.05, 3.63) is 11.2 Å². The van der Waals surface area contributed by atoms with Gasteiger partial charge in [0.25, 0.3) is 0 Å². The standard InChI is InChI=1S/C11H16O3S/c1-11(2)10(12)9(7-15-11)14-6-8-4-3-5-13-8/h7-8H,3-6H2,1-2H3. The second kappa shape index (κ2) is 4.18. The molecule has 0 aromatic heterocycles. The minimum Gasteiger partial charge on any atom is -0.487 e. The molecule has 0 aromatic rings. The zero-order chi connectivity index (χ0) is 10.9. The summed E-state index contributed by atoms with van der Waals surface area (Å²) in [6.45, 7) is 5.16. The Kier molecular flexibility index (Phi) is 3.07. The zero-order valence-corrected chi connectivity index (χ0v) is 9.93. The predicted octanol–water partition coefficient (Wildman–Crippen LogP) is 2.12. The van der Waals surface area contributed by atoms with E-state index in [-0.39, 0.29) is 16.6 Å². The molecule has 1 atom stereocenters. The van der Waals surface area contributed by atoms with E-state index in [1.54, 1.807) is 0 Å². The number of ketones is 1. The van der Waals surface area contributed by atoms with E-state index in [9.17, 15) is 4.79 Å². The van der Waals surface area contributed by atoms with Gasteiger partial charge in [-0.1, -0.05) is 0 Å². The Balaban J connectivity index is 1.83. The molecule has 3 nitrogen and oxygen atoms in total. The van der Waals surface area contributed by atoms with Crippen LogP contribution in [0.5, 0.6) is 0 Å². The maximum atomic E-state index is 11.8. The van der Waals surface area contributed by atoms with Crippen LogP contribution in [-0.4, -0.2) is 29.8 Å². The van der Waals surface area contributed by atoms with Crippen molar-refractivity contribution in [3.8, 4) is 0 Å². The maximum Gasteiger partial charge on any atom is 0.213 e. The van der Waals surface area contributed by atoms with Crippen LogP contribution in [0, 0.1) is 0 Å². The van der Waals surface area contributed by atoms with E-state index in [0.717, 1.165) is 19.4 Å². The summed E-state index contributed by atoms with van der Waals surface area (Å²) < 4.78 is 10.6. The lowest BCUT2D eigenvalue weighted by Gasteiger charge is -2.15. The Labute approximate surface area is 94.2 Å². The lowest BCUT2D eigenvalue weighted by Crippen LogP contribution is -2.26. The molecular weight excluding hydrogens is 212 g/mol. The Hall–Kier alpha value is -0.480. The highest BCUT2D eigenvalue weighted by molar-refractivity contribution is 8.04. The van der Waals surface area contributed by atoms with Gasteiger partial charge in [-0.15, -0.1) is 11.8 Å². The molecule has 0 amide bonds. The lowest BCUT2D eigenvalue weighted by atomic mass is 10.1. The Morgan fingerprint density at radius 1 is 1.67 bits per heavy atom. The van der Waals surface area contributed by atoms with Gasteiger partial charge in [-0.05, 0) is 26.7 Å². The van der Waals surface area contributed by atoms with Crippen LogP contribution >= 0.6 is 11.8 Å². The molecule has 2 aliphatic rings. The first-order valence-electron chi connectivity index (χ1n) is 5.27. The van der Waals surface area contributed by atoms with E-state index in [0.29, 0.717) is 12.4 Å². The maximum absolute atomic E-state index is 11.8. The first-order chi connectivity index (χ1) is 7.09. The number of allylic oxidation sites excluding steroid dienone is 1. The molecular formula is C11H16O3S. The van der Waals surface area contributed by atoms with Gasteiger partial charge in [0.2, 0.25) is 5.78 Å². The van der Waals surface area contributed by atoms with Crippen LogP contribution in [0.4, 0.5) is 0 Å². The van der Waals surface area contributed by atoms with Crippen molar-refractivity contribution in [2.75, 3.05) is 13.2 Å². The second-order valence-corrected chi connectivity index (χ2v) is 5.88. The van der Waals surface area contributed by atoms with E-state index in [1.807, 2.05) is 19.3 Å². The third kappa shape index (κ3) is 2.37. The van der Waals surface area contributed by atoms with Crippen molar-refractivity contribution >= 4 is 17.5 Å². The van der Waals surface area contributed by atoms with Gasteiger partial charge in [0, 0.05) is 12.0 Å². The van der Waals surface area contributed by atoms with Gasteiger partial charge in [-0.3, -0.25) is 4.79 Å². The quantitative estimate of drug-likeness (QED) is 0.741. The van der Waals surface area contributed by atoms with E-state index in [1.165, 1.54) is 11.8 Å². The van der Waals surface area contributed by atoms with Crippen LogP contribution in [0.3, 0.4) is 0 Å². The molecule has 15 heavy (non-hydrogen) atoms. The smallest absolute Gasteiger partial charge is 0.213 e. The van der Waals surface area contributed by atoms with Crippen LogP contribution in [0.2, 0.25) is 0 Å². The molecule has 0 spiro atoms. The predicted molar refractivity (Wildman–Crippen MR) is 59.7 cm³/mol. The zero-order valence-electron chi connectivity index (χ0n) is 9.12. The molecule has 0 N–H and O–H groups in total. The molecule has 1 unspecified atom stereocenters. The minimum atomic E-state index is -0.355. The molecule has 2 rings (SSSR count). The van der Waals surface area contributed by atoms with Gasteiger partial charge < -0.3 is 9.47 Å². The first kappa shape index (κ1) is 11.0. The fourth-order valence-electron chi connectivity index (χ4n) is 1.66. The van der Waals surface area contributed by atoms with Crippen molar-refractivity contribution in [2.45, 2.75) is 37.5 Å². The Bertz CT molecular complexity index is 290. The molecule has 84 valence electrons. The van der Waals surface area contributed by atoms with Crippen LogP contribution in [0.1, 0.15) is 26.7 Å². The molecule has 0 bridgehead atoms. The van der Waals surface area contributed by atoms with Crippen LogP contribution in [-0.2, 0) is 14.3 Å². The van der Waals surface area contributed by atoms with Gasteiger partial charge in [0.15, 0.2) is 5.76 Å². The third-order valence-corrected chi connectivity index (χ3v) is 3.79. The summed E-state index contributed by atoms with van der Waals surface area (Å²) in [5, 5.41) is 1.82. The normalized spacial score (nSPS) is 29.3. The van der Waals surface area contributed by atoms with E-state index in [4.69, 9.17) is 9.47 Å². The van der Waals surface area contributed by atoms with E-state index < -0.39 is 0 Å². The largest absolute Gasteiger partial charge is 0.487 e. The summed E-state index contributed by atoms with van der Waals surface area (Å²) in [7, 11) is 0. The summed E-state index contributed by atoms with van der Waals surface area (Å²) in [4.78, 5) is 11.8. The molecule has 0 radical (unpaired) electrons. The molecule has 0 saturated carbocycles. The van der Waals surface area contributed by atoms with Crippen molar-refractivity contribution in [2.24, 2.45) is 0 Å². The van der Waals surface area contributed by atoms with Gasteiger partial charge in [0.05, 0.1) is 10.9 Å². The fraction of sp³-hybridized carbons (Fsp3) is 0.727. The molecule has 0 aromatic carbocycles. The Morgan fingerprint density at radius 3 is 3.00 bits per heavy atom. The number of hydrogen-bond donors (Lipinski definition) is 0. The number of Topliss-reactive ketones (excluding diaryl/α,β-unsaturated/α-hetero) is 1. The molecule has 2 aliphatic heterocycles. The molecule has 4 heteroatoms. The summed E-state index contributed by atoms with van der Waals surface area (Å²) in [6.07, 6.45) is 2.31. The van der Waals surface area contributed by atoms with Gasteiger partial charge in [0.1, 0.15) is 6.61 Å². The summed E-state index contributed by atoms with van der Waals surface area (Å²) in [5.41, 5.74) is 0. The van der Waals surface area contributed by atoms with Gasteiger partial charge >= 0.3 is 0 Å².